The summed E-state index contributed by atoms with van der Waals surface area (Å²) in [5.41, 5.74) is 13.7. The van der Waals surface area contributed by atoms with Gasteiger partial charge in [-0.25, -0.2) is 5.53 Å². The van der Waals surface area contributed by atoms with Crippen LogP contribution in [0.3, 0.4) is 0 Å². The van der Waals surface area contributed by atoms with E-state index in [1.165, 1.54) is 0 Å². The Labute approximate surface area is 87.1 Å². The van der Waals surface area contributed by atoms with Crippen LogP contribution in [0.2, 0.25) is 5.02 Å². The second-order valence-corrected chi connectivity index (χ2v) is 3.34. The van der Waals surface area contributed by atoms with Crippen molar-refractivity contribution in [2.75, 3.05) is 0 Å². The Balaban J connectivity index is 3.23. The molecule has 1 unspecified atom stereocenters. The summed E-state index contributed by atoms with van der Waals surface area (Å²) in [5, 5.41) is 11.1. The van der Waals surface area contributed by atoms with Gasteiger partial charge in [0.25, 0.3) is 0 Å². The van der Waals surface area contributed by atoms with E-state index in [1.54, 1.807) is 12.1 Å². The molecule has 0 aliphatic carbocycles. The molecule has 1 aromatic rings. The number of nitrogens with zero attached hydrogens (tertiary/aromatic N) is 1. The topological polar surface area (TPSA) is 86.1 Å². The molecule has 0 aliphatic heterocycles. The molecule has 4 nitrogen and oxygen atoms in total. The third kappa shape index (κ3) is 1.90. The average Bonchev–Trinajstić information content (AvgIpc) is 2.13. The van der Waals surface area contributed by atoms with Gasteiger partial charge in [0.1, 0.15) is 5.84 Å². The molecular weight excluding hydrogens is 200 g/mol. The minimum Gasteiger partial charge on any atom is -0.385 e. The van der Waals surface area contributed by atoms with Gasteiger partial charge in [-0.1, -0.05) is 29.8 Å². The third-order valence-electron chi connectivity index (χ3n) is 1.94. The van der Waals surface area contributed by atoms with Crippen LogP contribution < -0.4 is 5.73 Å². The summed E-state index contributed by atoms with van der Waals surface area (Å²) >= 11 is 6.02. The molecule has 1 rings (SSSR count). The summed E-state index contributed by atoms with van der Waals surface area (Å²) < 4.78 is 0. The number of hydrogen-bond acceptors (Lipinski definition) is 3. The average molecular weight is 211 g/mol. The fraction of sp³-hybridized carbons (Fsp3) is 0.222. The molecule has 0 amide bonds. The van der Waals surface area contributed by atoms with Gasteiger partial charge in [-0.3, -0.25) is 5.41 Å². The van der Waals surface area contributed by atoms with Crippen molar-refractivity contribution < 1.29 is 0 Å². The molecule has 14 heavy (non-hydrogen) atoms. The standard InChI is InChI=1S/C9H11ClN4/c1-5-3-2-4-6(7(5)10)8(14-13)9(11)12/h2-4,8,13H,1H3,(H3,11,12). The molecule has 0 saturated heterocycles. The highest BCUT2D eigenvalue weighted by Crippen LogP contribution is 2.28. The molecule has 4 N–H and O–H groups in total. The number of hydrogen-bond donors (Lipinski definition) is 3. The van der Waals surface area contributed by atoms with Crippen molar-refractivity contribution in [2.24, 2.45) is 10.8 Å². The van der Waals surface area contributed by atoms with Gasteiger partial charge in [-0.15, -0.1) is 0 Å². The molecule has 1 aromatic carbocycles. The van der Waals surface area contributed by atoms with Crippen LogP contribution in [0.4, 0.5) is 0 Å². The van der Waals surface area contributed by atoms with Gasteiger partial charge in [0.05, 0.1) is 0 Å². The number of nitrogens with one attached hydrogen (secondary N) is 2. The van der Waals surface area contributed by atoms with Gasteiger partial charge in [0, 0.05) is 10.6 Å². The Morgan fingerprint density at radius 3 is 2.71 bits per heavy atom. The highest BCUT2D eigenvalue weighted by Gasteiger charge is 2.17. The van der Waals surface area contributed by atoms with Crippen LogP contribution in [-0.2, 0) is 0 Å². The number of amidine groups is 1. The van der Waals surface area contributed by atoms with Gasteiger partial charge in [0.2, 0.25) is 0 Å². The van der Waals surface area contributed by atoms with E-state index < -0.39 is 6.04 Å². The van der Waals surface area contributed by atoms with E-state index in [9.17, 15) is 0 Å². The lowest BCUT2D eigenvalue weighted by Gasteiger charge is -2.12. The highest BCUT2D eigenvalue weighted by atomic mass is 35.5. The normalized spacial score (nSPS) is 12.1. The summed E-state index contributed by atoms with van der Waals surface area (Å²) in [6.07, 6.45) is 0. The maximum absolute atomic E-state index is 7.26. The fourth-order valence-electron chi connectivity index (χ4n) is 1.19. The van der Waals surface area contributed by atoms with E-state index >= 15 is 0 Å². The second kappa shape index (κ2) is 4.19. The summed E-state index contributed by atoms with van der Waals surface area (Å²) in [7, 11) is 0. The van der Waals surface area contributed by atoms with Crippen LogP contribution in [0.1, 0.15) is 17.2 Å². The SMILES string of the molecule is Cc1cccc(C(N=N)C(=N)N)c1Cl. The molecule has 5 heteroatoms. The highest BCUT2D eigenvalue weighted by molar-refractivity contribution is 6.32. The molecule has 0 radical (unpaired) electrons. The molecule has 0 bridgehead atoms. The van der Waals surface area contributed by atoms with Gasteiger partial charge in [-0.2, -0.15) is 5.11 Å². The maximum atomic E-state index is 7.26. The monoisotopic (exact) mass is 210 g/mol. The minimum atomic E-state index is -0.762. The molecule has 0 heterocycles. The molecule has 0 aromatic heterocycles. The molecule has 0 fully saturated rings. The first-order valence-electron chi connectivity index (χ1n) is 4.03. The van der Waals surface area contributed by atoms with Gasteiger partial charge in [0.15, 0.2) is 6.04 Å². The van der Waals surface area contributed by atoms with E-state index in [0.29, 0.717) is 10.6 Å². The number of rotatable bonds is 3. The number of halogens is 1. The Morgan fingerprint density at radius 2 is 2.21 bits per heavy atom. The lowest BCUT2D eigenvalue weighted by Crippen LogP contribution is -2.19. The molecule has 0 aliphatic rings. The first kappa shape index (κ1) is 10.7. The Bertz CT molecular complexity index is 375. The van der Waals surface area contributed by atoms with Crippen molar-refractivity contribution in [2.45, 2.75) is 13.0 Å². The first-order valence-corrected chi connectivity index (χ1v) is 4.41. The fourth-order valence-corrected chi connectivity index (χ4v) is 1.42. The van der Waals surface area contributed by atoms with Crippen molar-refractivity contribution in [1.82, 2.24) is 0 Å². The zero-order chi connectivity index (χ0) is 10.7. The van der Waals surface area contributed by atoms with Crippen LogP contribution in [-0.4, -0.2) is 5.84 Å². The Morgan fingerprint density at radius 1 is 1.57 bits per heavy atom. The lowest BCUT2D eigenvalue weighted by molar-refractivity contribution is 0.825. The maximum Gasteiger partial charge on any atom is 0.153 e. The lowest BCUT2D eigenvalue weighted by atomic mass is 10.0. The zero-order valence-electron chi connectivity index (χ0n) is 7.71. The van der Waals surface area contributed by atoms with Crippen molar-refractivity contribution >= 4 is 17.4 Å². The van der Waals surface area contributed by atoms with Gasteiger partial charge in [-0.05, 0) is 12.5 Å². The summed E-state index contributed by atoms with van der Waals surface area (Å²) in [5.74, 6) is -0.174. The van der Waals surface area contributed by atoms with E-state index in [4.69, 9.17) is 28.3 Å². The zero-order valence-corrected chi connectivity index (χ0v) is 8.47. The number of benzene rings is 1. The van der Waals surface area contributed by atoms with Crippen LogP contribution in [0.25, 0.3) is 0 Å². The third-order valence-corrected chi connectivity index (χ3v) is 2.46. The second-order valence-electron chi connectivity index (χ2n) is 2.97. The predicted molar refractivity (Wildman–Crippen MR) is 56.0 cm³/mol. The van der Waals surface area contributed by atoms with Crippen molar-refractivity contribution in [1.29, 1.82) is 10.9 Å². The van der Waals surface area contributed by atoms with Gasteiger partial charge >= 0.3 is 0 Å². The first-order chi connectivity index (χ1) is 6.57. The van der Waals surface area contributed by atoms with Crippen molar-refractivity contribution in [3.05, 3.63) is 34.3 Å². The van der Waals surface area contributed by atoms with Crippen molar-refractivity contribution in [3.63, 3.8) is 0 Å². The smallest absolute Gasteiger partial charge is 0.153 e. The summed E-state index contributed by atoms with van der Waals surface area (Å²) in [4.78, 5) is 0. The molecular formula is C9H11ClN4. The van der Waals surface area contributed by atoms with Crippen molar-refractivity contribution in [3.8, 4) is 0 Å². The van der Waals surface area contributed by atoms with E-state index in [2.05, 4.69) is 5.11 Å². The molecule has 1 atom stereocenters. The van der Waals surface area contributed by atoms with E-state index in [1.807, 2.05) is 13.0 Å². The Hall–Kier alpha value is -1.42. The van der Waals surface area contributed by atoms with Crippen LogP contribution in [0.5, 0.6) is 0 Å². The van der Waals surface area contributed by atoms with E-state index in [-0.39, 0.29) is 5.84 Å². The van der Waals surface area contributed by atoms with Gasteiger partial charge < -0.3 is 5.73 Å². The molecule has 0 spiro atoms. The van der Waals surface area contributed by atoms with E-state index in [0.717, 1.165) is 5.56 Å². The number of aryl methyl sites for hydroxylation is 1. The van der Waals surface area contributed by atoms with Crippen LogP contribution in [0, 0.1) is 17.9 Å². The quantitative estimate of drug-likeness (QED) is 0.400. The Kier molecular flexibility index (Phi) is 3.19. The van der Waals surface area contributed by atoms with Crippen LogP contribution >= 0.6 is 11.6 Å². The summed E-state index contributed by atoms with van der Waals surface area (Å²) in [6, 6.07) is 4.62. The van der Waals surface area contributed by atoms with Crippen LogP contribution in [0.15, 0.2) is 23.3 Å². The largest absolute Gasteiger partial charge is 0.385 e. The predicted octanol–water partition coefficient (Wildman–Crippen LogP) is 2.66. The minimum absolute atomic E-state index is 0.174. The molecule has 74 valence electrons. The molecule has 0 saturated carbocycles. The summed E-state index contributed by atoms with van der Waals surface area (Å²) in [6.45, 7) is 1.85. The number of nitrogens with two attached hydrogens (primary N) is 1.